The maximum Gasteiger partial charge on any atom is 0.275 e. The number of hydrogen-bond donors (Lipinski definition) is 2. The van der Waals surface area contributed by atoms with Gasteiger partial charge in [-0.1, -0.05) is 6.92 Å². The fourth-order valence-corrected chi connectivity index (χ4v) is 3.38. The summed E-state index contributed by atoms with van der Waals surface area (Å²) in [4.78, 5) is 14.9. The van der Waals surface area contributed by atoms with Gasteiger partial charge in [0.25, 0.3) is 5.91 Å². The van der Waals surface area contributed by atoms with Crippen molar-refractivity contribution in [3.63, 3.8) is 0 Å². The first-order valence-corrected chi connectivity index (χ1v) is 8.52. The Bertz CT molecular complexity index is 742. The minimum atomic E-state index is -0.199. The second kappa shape index (κ2) is 7.59. The van der Waals surface area contributed by atoms with Crippen LogP contribution in [0.2, 0.25) is 0 Å². The summed E-state index contributed by atoms with van der Waals surface area (Å²) in [6.45, 7) is 5.17. The van der Waals surface area contributed by atoms with Crippen molar-refractivity contribution in [2.75, 3.05) is 26.3 Å². The lowest BCUT2D eigenvalue weighted by molar-refractivity contribution is -0.00937. The second-order valence-electron chi connectivity index (χ2n) is 6.20. The van der Waals surface area contributed by atoms with Gasteiger partial charge < -0.3 is 19.4 Å². The summed E-state index contributed by atoms with van der Waals surface area (Å²) in [6, 6.07) is 3.71. The van der Waals surface area contributed by atoms with Crippen molar-refractivity contribution in [3.05, 3.63) is 40.6 Å². The van der Waals surface area contributed by atoms with E-state index in [0.717, 1.165) is 42.2 Å². The number of aromatic amines is 1. The van der Waals surface area contributed by atoms with Gasteiger partial charge in [0.15, 0.2) is 5.69 Å². The van der Waals surface area contributed by atoms with E-state index in [0.29, 0.717) is 32.0 Å². The first-order valence-electron chi connectivity index (χ1n) is 8.52. The van der Waals surface area contributed by atoms with Gasteiger partial charge in [-0.15, -0.1) is 12.4 Å². The number of fused-ring (bicyclic) bond motifs is 1. The summed E-state index contributed by atoms with van der Waals surface area (Å²) < 4.78 is 11.5. The molecule has 1 atom stereocenters. The predicted octanol–water partition coefficient (Wildman–Crippen LogP) is 1.85. The van der Waals surface area contributed by atoms with Crippen LogP contribution in [0.4, 0.5) is 0 Å². The highest BCUT2D eigenvalue weighted by Gasteiger charge is 2.34. The molecule has 0 saturated carbocycles. The van der Waals surface area contributed by atoms with Crippen molar-refractivity contribution >= 4 is 18.3 Å². The molecule has 0 spiro atoms. The van der Waals surface area contributed by atoms with E-state index in [9.17, 15) is 4.79 Å². The first kappa shape index (κ1) is 18.0. The third-order valence-corrected chi connectivity index (χ3v) is 4.76. The average molecular weight is 367 g/mol. The standard InChI is InChI=1S/C17H22N4O3.ClH/c1-2-11-3-4-15(24-11)14-10-23-8-7-21(14)17(22)16-12-9-18-6-5-13(12)19-20-16;/h3-4,14,18H,2,5-10H2,1H3,(H,19,20);1H. The smallest absolute Gasteiger partial charge is 0.275 e. The number of furan rings is 1. The summed E-state index contributed by atoms with van der Waals surface area (Å²) in [7, 11) is 0. The highest BCUT2D eigenvalue weighted by molar-refractivity contribution is 5.94. The van der Waals surface area contributed by atoms with Crippen molar-refractivity contribution < 1.29 is 13.9 Å². The number of carbonyl (C=O) groups excluding carboxylic acids is 1. The molecule has 7 nitrogen and oxygen atoms in total. The molecule has 2 aliphatic rings. The summed E-state index contributed by atoms with van der Waals surface area (Å²) >= 11 is 0. The van der Waals surface area contributed by atoms with Gasteiger partial charge in [0.2, 0.25) is 0 Å². The molecule has 4 heterocycles. The number of morpholine rings is 1. The van der Waals surface area contributed by atoms with Gasteiger partial charge in [-0.25, -0.2) is 0 Å². The zero-order valence-electron chi connectivity index (χ0n) is 14.2. The largest absolute Gasteiger partial charge is 0.464 e. The van der Waals surface area contributed by atoms with Crippen LogP contribution in [0.25, 0.3) is 0 Å². The van der Waals surface area contributed by atoms with Crippen molar-refractivity contribution in [3.8, 4) is 0 Å². The maximum atomic E-state index is 13.1. The molecule has 1 fully saturated rings. The van der Waals surface area contributed by atoms with Crippen LogP contribution in [0.1, 0.15) is 46.2 Å². The number of hydrogen-bond acceptors (Lipinski definition) is 5. The van der Waals surface area contributed by atoms with Crippen molar-refractivity contribution in [2.45, 2.75) is 32.4 Å². The molecule has 2 aromatic heterocycles. The van der Waals surface area contributed by atoms with E-state index in [1.807, 2.05) is 24.0 Å². The molecule has 0 aliphatic carbocycles. The molecule has 4 rings (SSSR count). The Balaban J connectivity index is 0.00000182. The van der Waals surface area contributed by atoms with Gasteiger partial charge in [-0.3, -0.25) is 9.89 Å². The minimum Gasteiger partial charge on any atom is -0.464 e. The zero-order valence-corrected chi connectivity index (χ0v) is 15.0. The molecular weight excluding hydrogens is 344 g/mol. The number of aromatic nitrogens is 2. The van der Waals surface area contributed by atoms with Gasteiger partial charge in [0.1, 0.15) is 17.6 Å². The van der Waals surface area contributed by atoms with Crippen LogP contribution >= 0.6 is 12.4 Å². The molecule has 1 amide bonds. The van der Waals surface area contributed by atoms with E-state index >= 15 is 0 Å². The van der Waals surface area contributed by atoms with Crippen LogP contribution in [0.15, 0.2) is 16.5 Å². The Morgan fingerprint density at radius 2 is 2.32 bits per heavy atom. The van der Waals surface area contributed by atoms with E-state index in [-0.39, 0.29) is 24.4 Å². The number of amides is 1. The molecule has 1 saturated heterocycles. The lowest BCUT2D eigenvalue weighted by Gasteiger charge is -2.34. The van der Waals surface area contributed by atoms with Crippen LogP contribution in [0.3, 0.4) is 0 Å². The van der Waals surface area contributed by atoms with Crippen LogP contribution < -0.4 is 5.32 Å². The number of nitrogens with one attached hydrogen (secondary N) is 2. The number of H-pyrrole nitrogens is 1. The number of aryl methyl sites for hydroxylation is 1. The predicted molar refractivity (Wildman–Crippen MR) is 93.9 cm³/mol. The van der Waals surface area contributed by atoms with Gasteiger partial charge in [0.05, 0.1) is 13.2 Å². The monoisotopic (exact) mass is 366 g/mol. The van der Waals surface area contributed by atoms with Gasteiger partial charge in [-0.2, -0.15) is 5.10 Å². The average Bonchev–Trinajstić information content (AvgIpc) is 3.28. The number of rotatable bonds is 3. The summed E-state index contributed by atoms with van der Waals surface area (Å²) in [5.74, 6) is 1.64. The van der Waals surface area contributed by atoms with Gasteiger partial charge >= 0.3 is 0 Å². The summed E-state index contributed by atoms with van der Waals surface area (Å²) in [5.41, 5.74) is 2.57. The zero-order chi connectivity index (χ0) is 16.5. The molecule has 25 heavy (non-hydrogen) atoms. The van der Waals surface area contributed by atoms with E-state index in [1.54, 1.807) is 0 Å². The van der Waals surface area contributed by atoms with Crippen molar-refractivity contribution in [1.82, 2.24) is 20.4 Å². The summed E-state index contributed by atoms with van der Waals surface area (Å²) in [5, 5.41) is 10.6. The number of carbonyl (C=O) groups is 1. The highest BCUT2D eigenvalue weighted by atomic mass is 35.5. The molecule has 0 bridgehead atoms. The van der Waals surface area contributed by atoms with Crippen LogP contribution in [0.5, 0.6) is 0 Å². The second-order valence-corrected chi connectivity index (χ2v) is 6.20. The quantitative estimate of drug-likeness (QED) is 0.866. The third kappa shape index (κ3) is 3.31. The Morgan fingerprint density at radius 3 is 3.12 bits per heavy atom. The third-order valence-electron chi connectivity index (χ3n) is 4.76. The molecule has 2 N–H and O–H groups in total. The topological polar surface area (TPSA) is 83.4 Å². The fourth-order valence-electron chi connectivity index (χ4n) is 3.38. The molecule has 2 aromatic rings. The maximum absolute atomic E-state index is 13.1. The van der Waals surface area contributed by atoms with E-state index in [1.165, 1.54) is 0 Å². The number of nitrogens with zero attached hydrogens (tertiary/aromatic N) is 2. The summed E-state index contributed by atoms with van der Waals surface area (Å²) in [6.07, 6.45) is 1.71. The Kier molecular flexibility index (Phi) is 5.46. The van der Waals surface area contributed by atoms with E-state index < -0.39 is 0 Å². The van der Waals surface area contributed by atoms with Crippen LogP contribution in [0, 0.1) is 0 Å². The number of halogens is 1. The Labute approximate surface area is 152 Å². The van der Waals surface area contributed by atoms with Gasteiger partial charge in [-0.05, 0) is 12.1 Å². The SMILES string of the molecule is CCc1ccc(C2COCCN2C(=O)c2n[nH]c3c2CNCC3)o1.Cl. The lowest BCUT2D eigenvalue weighted by Crippen LogP contribution is -2.44. The van der Waals surface area contributed by atoms with Crippen LogP contribution in [-0.2, 0) is 24.1 Å². The number of ether oxygens (including phenoxy) is 1. The fraction of sp³-hybridized carbons (Fsp3) is 0.529. The molecule has 0 radical (unpaired) electrons. The molecule has 0 aromatic carbocycles. The van der Waals surface area contributed by atoms with Crippen molar-refractivity contribution in [1.29, 1.82) is 0 Å². The minimum absolute atomic E-state index is 0. The normalized spacial score (nSPS) is 20.0. The van der Waals surface area contributed by atoms with Crippen molar-refractivity contribution in [2.24, 2.45) is 0 Å². The Morgan fingerprint density at radius 1 is 1.44 bits per heavy atom. The molecule has 8 heteroatoms. The Hall–Kier alpha value is -1.83. The lowest BCUT2D eigenvalue weighted by atomic mass is 10.1. The molecule has 136 valence electrons. The van der Waals surface area contributed by atoms with Gasteiger partial charge in [0, 0.05) is 43.7 Å². The van der Waals surface area contributed by atoms with E-state index in [2.05, 4.69) is 15.5 Å². The molecular formula is C17H23ClN4O3. The highest BCUT2D eigenvalue weighted by Crippen LogP contribution is 2.28. The van der Waals surface area contributed by atoms with E-state index in [4.69, 9.17) is 9.15 Å². The molecule has 1 unspecified atom stereocenters. The molecule has 2 aliphatic heterocycles. The first-order chi connectivity index (χ1) is 11.8. The van der Waals surface area contributed by atoms with Crippen LogP contribution in [-0.4, -0.2) is 47.3 Å².